The van der Waals surface area contributed by atoms with Gasteiger partial charge in [-0.05, 0) is 46.2 Å². The largest absolute Gasteiger partial charge is 0.325 e. The van der Waals surface area contributed by atoms with Crippen LogP contribution in [0.1, 0.15) is 40.0 Å². The molecular formula is C13H27N3O. The Morgan fingerprint density at radius 2 is 1.76 bits per heavy atom. The molecule has 0 spiro atoms. The Balaban J connectivity index is 2.65. The molecule has 4 heteroatoms. The molecule has 0 unspecified atom stereocenters. The third kappa shape index (κ3) is 3.87. The van der Waals surface area contributed by atoms with Crippen molar-refractivity contribution >= 4 is 6.03 Å². The first kappa shape index (κ1) is 14.3. The Labute approximate surface area is 105 Å². The van der Waals surface area contributed by atoms with E-state index >= 15 is 0 Å². The first-order valence-electron chi connectivity index (χ1n) is 7.00. The van der Waals surface area contributed by atoms with Crippen molar-refractivity contribution in [3.63, 3.8) is 0 Å². The van der Waals surface area contributed by atoms with Gasteiger partial charge in [0.1, 0.15) is 0 Å². The minimum Gasteiger partial charge on any atom is -0.325 e. The van der Waals surface area contributed by atoms with Crippen LogP contribution in [0, 0.1) is 0 Å². The lowest BCUT2D eigenvalue weighted by atomic mass is 10.0. The molecule has 2 amide bonds. The number of piperidine rings is 1. The minimum atomic E-state index is 0.226. The third-order valence-electron chi connectivity index (χ3n) is 3.49. The molecule has 1 fully saturated rings. The molecule has 0 aliphatic carbocycles. The lowest BCUT2D eigenvalue weighted by Crippen LogP contribution is -2.51. The first-order chi connectivity index (χ1) is 8.24. The molecule has 0 aromatic heterocycles. The van der Waals surface area contributed by atoms with Crippen molar-refractivity contribution in [3.05, 3.63) is 0 Å². The van der Waals surface area contributed by atoms with Crippen LogP contribution >= 0.6 is 0 Å². The zero-order chi connectivity index (χ0) is 12.7. The molecular weight excluding hydrogens is 214 g/mol. The summed E-state index contributed by atoms with van der Waals surface area (Å²) in [5.41, 5.74) is 0. The summed E-state index contributed by atoms with van der Waals surface area (Å²) < 4.78 is 0. The van der Waals surface area contributed by atoms with Gasteiger partial charge in [-0.1, -0.05) is 6.92 Å². The van der Waals surface area contributed by atoms with Crippen LogP contribution in [-0.4, -0.2) is 54.6 Å². The summed E-state index contributed by atoms with van der Waals surface area (Å²) in [6.07, 6.45) is 3.22. The molecule has 1 heterocycles. The van der Waals surface area contributed by atoms with Crippen molar-refractivity contribution in [2.45, 2.75) is 46.1 Å². The quantitative estimate of drug-likeness (QED) is 0.798. The predicted octanol–water partition coefficient (Wildman–Crippen LogP) is 1.91. The van der Waals surface area contributed by atoms with Gasteiger partial charge in [0.15, 0.2) is 0 Å². The van der Waals surface area contributed by atoms with Crippen molar-refractivity contribution in [3.8, 4) is 0 Å². The number of nitrogens with zero attached hydrogens (tertiary/aromatic N) is 2. The van der Waals surface area contributed by atoms with E-state index in [-0.39, 0.29) is 6.03 Å². The maximum atomic E-state index is 12.4. The summed E-state index contributed by atoms with van der Waals surface area (Å²) in [5, 5.41) is 3.36. The molecule has 0 aromatic rings. The lowest BCUT2D eigenvalue weighted by Gasteiger charge is -2.37. The van der Waals surface area contributed by atoms with Crippen molar-refractivity contribution in [2.24, 2.45) is 0 Å². The second kappa shape index (κ2) is 7.54. The molecule has 100 valence electrons. The molecule has 1 N–H and O–H groups in total. The van der Waals surface area contributed by atoms with Crippen LogP contribution in [0.15, 0.2) is 0 Å². The van der Waals surface area contributed by atoms with E-state index in [1.807, 2.05) is 18.7 Å². The van der Waals surface area contributed by atoms with Crippen molar-refractivity contribution in [1.82, 2.24) is 15.1 Å². The molecule has 1 saturated heterocycles. The molecule has 0 atom stereocenters. The number of hydrogen-bond acceptors (Lipinski definition) is 2. The molecule has 0 aromatic carbocycles. The summed E-state index contributed by atoms with van der Waals surface area (Å²) >= 11 is 0. The maximum absolute atomic E-state index is 12.4. The smallest absolute Gasteiger partial charge is 0.320 e. The average Bonchev–Trinajstić information content (AvgIpc) is 2.38. The van der Waals surface area contributed by atoms with E-state index in [9.17, 15) is 4.79 Å². The van der Waals surface area contributed by atoms with Crippen molar-refractivity contribution in [1.29, 1.82) is 0 Å². The van der Waals surface area contributed by atoms with Crippen LogP contribution in [0.25, 0.3) is 0 Å². The fourth-order valence-electron chi connectivity index (χ4n) is 2.47. The minimum absolute atomic E-state index is 0.226. The fourth-order valence-corrected chi connectivity index (χ4v) is 2.47. The molecule has 1 aliphatic heterocycles. The number of hydrogen-bond donors (Lipinski definition) is 1. The lowest BCUT2D eigenvalue weighted by molar-refractivity contribution is 0.125. The van der Waals surface area contributed by atoms with Gasteiger partial charge in [0.25, 0.3) is 0 Å². The van der Waals surface area contributed by atoms with E-state index in [0.717, 1.165) is 52.0 Å². The highest BCUT2D eigenvalue weighted by molar-refractivity contribution is 5.74. The third-order valence-corrected chi connectivity index (χ3v) is 3.49. The van der Waals surface area contributed by atoms with Gasteiger partial charge in [-0.15, -0.1) is 0 Å². The Hall–Kier alpha value is -0.770. The second-order valence-electron chi connectivity index (χ2n) is 4.63. The van der Waals surface area contributed by atoms with E-state index in [4.69, 9.17) is 0 Å². The Morgan fingerprint density at radius 3 is 2.24 bits per heavy atom. The van der Waals surface area contributed by atoms with E-state index in [2.05, 4.69) is 17.1 Å². The van der Waals surface area contributed by atoms with Crippen LogP contribution in [0.5, 0.6) is 0 Å². The van der Waals surface area contributed by atoms with Gasteiger partial charge in [0.05, 0.1) is 0 Å². The van der Waals surface area contributed by atoms with Crippen LogP contribution in [0.4, 0.5) is 4.79 Å². The zero-order valence-electron chi connectivity index (χ0n) is 11.5. The van der Waals surface area contributed by atoms with Gasteiger partial charge < -0.3 is 15.1 Å². The van der Waals surface area contributed by atoms with Crippen LogP contribution in [0.2, 0.25) is 0 Å². The highest BCUT2D eigenvalue weighted by atomic mass is 16.2. The monoisotopic (exact) mass is 241 g/mol. The molecule has 1 aliphatic rings. The zero-order valence-corrected chi connectivity index (χ0v) is 11.5. The molecule has 4 nitrogen and oxygen atoms in total. The van der Waals surface area contributed by atoms with E-state index in [0.29, 0.717) is 6.04 Å². The fraction of sp³-hybridized carbons (Fsp3) is 0.923. The van der Waals surface area contributed by atoms with Crippen molar-refractivity contribution < 1.29 is 4.79 Å². The van der Waals surface area contributed by atoms with Gasteiger partial charge >= 0.3 is 6.03 Å². The number of amides is 2. The van der Waals surface area contributed by atoms with Gasteiger partial charge in [-0.2, -0.15) is 0 Å². The van der Waals surface area contributed by atoms with Gasteiger partial charge in [0.2, 0.25) is 0 Å². The standard InChI is InChI=1S/C13H27N3O/c1-4-11-16(12-7-9-14-10-8-12)13(17)15(5-2)6-3/h12,14H,4-11H2,1-3H3. The summed E-state index contributed by atoms with van der Waals surface area (Å²) in [7, 11) is 0. The Bertz CT molecular complexity index is 223. The first-order valence-corrected chi connectivity index (χ1v) is 7.00. The number of carbonyl (C=O) groups is 1. The Kier molecular flexibility index (Phi) is 6.34. The van der Waals surface area contributed by atoms with E-state index < -0.39 is 0 Å². The maximum Gasteiger partial charge on any atom is 0.320 e. The number of urea groups is 1. The van der Waals surface area contributed by atoms with Gasteiger partial charge in [0, 0.05) is 25.7 Å². The molecule has 1 rings (SSSR count). The molecule has 0 radical (unpaired) electrons. The summed E-state index contributed by atoms with van der Waals surface area (Å²) in [6, 6.07) is 0.660. The van der Waals surface area contributed by atoms with Crippen molar-refractivity contribution in [2.75, 3.05) is 32.7 Å². The summed E-state index contributed by atoms with van der Waals surface area (Å²) in [4.78, 5) is 16.4. The van der Waals surface area contributed by atoms with E-state index in [1.165, 1.54) is 0 Å². The molecule has 0 bridgehead atoms. The average molecular weight is 241 g/mol. The van der Waals surface area contributed by atoms with Gasteiger partial charge in [-0.3, -0.25) is 0 Å². The van der Waals surface area contributed by atoms with Crippen LogP contribution in [-0.2, 0) is 0 Å². The number of nitrogens with one attached hydrogen (secondary N) is 1. The number of rotatable bonds is 5. The summed E-state index contributed by atoms with van der Waals surface area (Å²) in [5.74, 6) is 0. The highest BCUT2D eigenvalue weighted by Gasteiger charge is 2.26. The predicted molar refractivity (Wildman–Crippen MR) is 71.2 cm³/mol. The normalized spacial score (nSPS) is 16.9. The van der Waals surface area contributed by atoms with E-state index in [1.54, 1.807) is 0 Å². The second-order valence-corrected chi connectivity index (χ2v) is 4.63. The van der Waals surface area contributed by atoms with Gasteiger partial charge in [-0.25, -0.2) is 4.79 Å². The highest BCUT2D eigenvalue weighted by Crippen LogP contribution is 2.14. The topological polar surface area (TPSA) is 35.6 Å². The SMILES string of the molecule is CCCN(C(=O)N(CC)CC)C1CCNCC1. The molecule has 0 saturated carbocycles. The number of carbonyl (C=O) groups excluding carboxylic acids is 1. The summed E-state index contributed by atoms with van der Waals surface area (Å²) in [6.45, 7) is 10.8. The molecule has 17 heavy (non-hydrogen) atoms. The van der Waals surface area contributed by atoms with Crippen LogP contribution in [0.3, 0.4) is 0 Å². The van der Waals surface area contributed by atoms with Crippen LogP contribution < -0.4 is 5.32 Å². The Morgan fingerprint density at radius 1 is 1.18 bits per heavy atom.